The van der Waals surface area contributed by atoms with Gasteiger partial charge in [-0.05, 0) is 27.7 Å². The Morgan fingerprint density at radius 3 is 2.53 bits per heavy atom. The summed E-state index contributed by atoms with van der Waals surface area (Å²) in [5.74, 6) is 0.454. The predicted octanol–water partition coefficient (Wildman–Crippen LogP) is 1.38. The molecule has 1 aliphatic rings. The first-order chi connectivity index (χ1) is 6.80. The number of nitrogen functional groups attached to an aromatic ring is 1. The number of anilines is 1. The first-order valence-electron chi connectivity index (χ1n) is 5.18. The summed E-state index contributed by atoms with van der Waals surface area (Å²) in [5.41, 5.74) is 5.22. The highest BCUT2D eigenvalue weighted by Crippen LogP contribution is 2.44. The van der Waals surface area contributed by atoms with Crippen molar-refractivity contribution >= 4 is 5.82 Å². The van der Waals surface area contributed by atoms with Crippen LogP contribution in [0.1, 0.15) is 40.2 Å². The van der Waals surface area contributed by atoms with E-state index in [0.29, 0.717) is 5.82 Å². The Bertz CT molecular complexity index is 369. The Balaban J connectivity index is 2.30. The molecule has 1 atom stereocenters. The second-order valence-corrected chi connectivity index (χ2v) is 5.31. The summed E-state index contributed by atoms with van der Waals surface area (Å²) in [6.45, 7) is 8.33. The van der Waals surface area contributed by atoms with E-state index >= 15 is 0 Å². The molecule has 84 valence electrons. The lowest BCUT2D eigenvalue weighted by Gasteiger charge is -2.26. The second kappa shape index (κ2) is 2.95. The highest BCUT2D eigenvalue weighted by Gasteiger charge is 2.47. The molecule has 1 unspecified atom stereocenters. The lowest BCUT2D eigenvalue weighted by molar-refractivity contribution is -0.0738. The van der Waals surface area contributed by atoms with Crippen molar-refractivity contribution in [2.45, 2.75) is 51.4 Å². The van der Waals surface area contributed by atoms with Crippen LogP contribution in [0.5, 0.6) is 0 Å². The summed E-state index contributed by atoms with van der Waals surface area (Å²) in [7, 11) is 0. The maximum absolute atomic E-state index is 5.98. The Morgan fingerprint density at radius 2 is 2.13 bits per heavy atom. The number of ether oxygens (including phenoxy) is 1. The summed E-state index contributed by atoms with van der Waals surface area (Å²) in [6.07, 6.45) is 2.68. The molecule has 5 nitrogen and oxygen atoms in total. The number of aromatic nitrogens is 3. The maximum atomic E-state index is 5.98. The monoisotopic (exact) mass is 210 g/mol. The van der Waals surface area contributed by atoms with E-state index in [1.54, 1.807) is 6.20 Å². The summed E-state index contributed by atoms with van der Waals surface area (Å²) < 4.78 is 7.79. The molecule has 0 aromatic carbocycles. The number of rotatable bonds is 1. The van der Waals surface area contributed by atoms with Gasteiger partial charge in [-0.1, -0.05) is 5.21 Å². The van der Waals surface area contributed by atoms with E-state index in [1.807, 2.05) is 4.68 Å². The highest BCUT2D eigenvalue weighted by atomic mass is 16.5. The van der Waals surface area contributed by atoms with Crippen LogP contribution in [0.2, 0.25) is 0 Å². The molecule has 0 bridgehead atoms. The fourth-order valence-corrected chi connectivity index (χ4v) is 2.39. The van der Waals surface area contributed by atoms with Gasteiger partial charge in [0, 0.05) is 6.42 Å². The molecule has 0 radical (unpaired) electrons. The lowest BCUT2D eigenvalue weighted by Crippen LogP contribution is -2.31. The zero-order valence-electron chi connectivity index (χ0n) is 9.69. The predicted molar refractivity (Wildman–Crippen MR) is 57.3 cm³/mol. The Morgan fingerprint density at radius 1 is 1.47 bits per heavy atom. The minimum absolute atomic E-state index is 0.116. The summed E-state index contributed by atoms with van der Waals surface area (Å²) in [5, 5.41) is 7.83. The summed E-state index contributed by atoms with van der Waals surface area (Å²) in [6, 6.07) is 0.192. The molecule has 0 aliphatic carbocycles. The molecule has 0 spiro atoms. The molecule has 5 heteroatoms. The quantitative estimate of drug-likeness (QED) is 0.760. The van der Waals surface area contributed by atoms with Crippen LogP contribution < -0.4 is 5.73 Å². The molecule has 2 heterocycles. The Labute approximate surface area is 89.6 Å². The van der Waals surface area contributed by atoms with Gasteiger partial charge in [0.1, 0.15) is 0 Å². The molecule has 1 saturated heterocycles. The van der Waals surface area contributed by atoms with Crippen molar-refractivity contribution in [3.05, 3.63) is 6.20 Å². The fourth-order valence-electron chi connectivity index (χ4n) is 2.39. The van der Waals surface area contributed by atoms with Crippen LogP contribution in [-0.2, 0) is 4.74 Å². The van der Waals surface area contributed by atoms with Crippen LogP contribution in [-0.4, -0.2) is 26.2 Å². The maximum Gasteiger partial charge on any atom is 0.165 e. The third-order valence-electron chi connectivity index (χ3n) is 2.87. The molecule has 2 rings (SSSR count). The molecule has 1 fully saturated rings. The van der Waals surface area contributed by atoms with Gasteiger partial charge in [0.25, 0.3) is 0 Å². The van der Waals surface area contributed by atoms with Crippen LogP contribution in [0.15, 0.2) is 6.20 Å². The van der Waals surface area contributed by atoms with Crippen molar-refractivity contribution in [1.82, 2.24) is 15.0 Å². The normalized spacial score (nSPS) is 28.1. The van der Waals surface area contributed by atoms with Crippen molar-refractivity contribution in [3.63, 3.8) is 0 Å². The molecule has 1 aliphatic heterocycles. The van der Waals surface area contributed by atoms with Crippen molar-refractivity contribution in [3.8, 4) is 0 Å². The van der Waals surface area contributed by atoms with Crippen molar-refractivity contribution in [1.29, 1.82) is 0 Å². The SMILES string of the molecule is CC1(C)CC(n2cc(N)nn2)C(C)(C)O1. The largest absolute Gasteiger partial charge is 0.381 e. The summed E-state index contributed by atoms with van der Waals surface area (Å²) >= 11 is 0. The van der Waals surface area contributed by atoms with Gasteiger partial charge >= 0.3 is 0 Å². The molecule has 1 aromatic heterocycles. The van der Waals surface area contributed by atoms with Crippen LogP contribution in [0.4, 0.5) is 5.82 Å². The molecule has 15 heavy (non-hydrogen) atoms. The van der Waals surface area contributed by atoms with E-state index in [9.17, 15) is 0 Å². The van der Waals surface area contributed by atoms with Crippen LogP contribution in [0.3, 0.4) is 0 Å². The molecular weight excluding hydrogens is 192 g/mol. The Hall–Kier alpha value is -1.10. The van der Waals surface area contributed by atoms with E-state index < -0.39 is 0 Å². The highest BCUT2D eigenvalue weighted by molar-refractivity contribution is 5.20. The molecule has 1 aromatic rings. The molecule has 0 saturated carbocycles. The number of hydrogen-bond donors (Lipinski definition) is 1. The van der Waals surface area contributed by atoms with E-state index in [2.05, 4.69) is 38.0 Å². The van der Waals surface area contributed by atoms with Crippen LogP contribution in [0, 0.1) is 0 Å². The number of hydrogen-bond acceptors (Lipinski definition) is 4. The van der Waals surface area contributed by atoms with E-state index in [1.165, 1.54) is 0 Å². The average Bonchev–Trinajstić information content (AvgIpc) is 2.52. The lowest BCUT2D eigenvalue weighted by atomic mass is 9.95. The number of nitrogens with two attached hydrogens (primary N) is 1. The van der Waals surface area contributed by atoms with E-state index in [0.717, 1.165) is 6.42 Å². The first kappa shape index (κ1) is 10.4. The van der Waals surface area contributed by atoms with Gasteiger partial charge in [0.05, 0.1) is 23.4 Å². The van der Waals surface area contributed by atoms with Gasteiger partial charge in [-0.15, -0.1) is 5.10 Å². The van der Waals surface area contributed by atoms with Gasteiger partial charge in [0.15, 0.2) is 5.82 Å². The average molecular weight is 210 g/mol. The minimum Gasteiger partial charge on any atom is -0.381 e. The summed E-state index contributed by atoms with van der Waals surface area (Å²) in [4.78, 5) is 0. The molecule has 2 N–H and O–H groups in total. The third kappa shape index (κ3) is 1.84. The topological polar surface area (TPSA) is 66.0 Å². The van der Waals surface area contributed by atoms with Crippen molar-refractivity contribution in [2.75, 3.05) is 5.73 Å². The zero-order chi connectivity index (χ0) is 11.3. The van der Waals surface area contributed by atoms with Gasteiger partial charge in [-0.2, -0.15) is 0 Å². The fraction of sp³-hybridized carbons (Fsp3) is 0.800. The minimum atomic E-state index is -0.232. The van der Waals surface area contributed by atoms with Gasteiger partial charge in [-0.25, -0.2) is 4.68 Å². The zero-order valence-corrected chi connectivity index (χ0v) is 9.69. The smallest absolute Gasteiger partial charge is 0.165 e. The van der Waals surface area contributed by atoms with Crippen molar-refractivity contribution < 1.29 is 4.74 Å². The first-order valence-corrected chi connectivity index (χ1v) is 5.18. The van der Waals surface area contributed by atoms with Crippen LogP contribution in [0.25, 0.3) is 0 Å². The molecule has 0 amide bonds. The molecular formula is C10H18N4O. The van der Waals surface area contributed by atoms with Gasteiger partial charge in [-0.3, -0.25) is 0 Å². The van der Waals surface area contributed by atoms with Crippen molar-refractivity contribution in [2.24, 2.45) is 0 Å². The number of nitrogens with zero attached hydrogens (tertiary/aromatic N) is 3. The Kier molecular flexibility index (Phi) is 2.05. The van der Waals surface area contributed by atoms with Gasteiger partial charge < -0.3 is 10.5 Å². The van der Waals surface area contributed by atoms with E-state index in [4.69, 9.17) is 10.5 Å². The second-order valence-electron chi connectivity index (χ2n) is 5.31. The van der Waals surface area contributed by atoms with Gasteiger partial charge in [0.2, 0.25) is 0 Å². The van der Waals surface area contributed by atoms with E-state index in [-0.39, 0.29) is 17.2 Å². The standard InChI is InChI=1S/C10H18N4O/c1-9(2)5-7(10(3,4)15-9)14-6-8(11)12-13-14/h6-7H,5,11H2,1-4H3. The third-order valence-corrected chi connectivity index (χ3v) is 2.87. The van der Waals surface area contributed by atoms with Crippen LogP contribution >= 0.6 is 0 Å².